The Kier molecular flexibility index (Phi) is 5.61. The molecule has 2 aliphatic heterocycles. The van der Waals surface area contributed by atoms with E-state index in [9.17, 15) is 8.42 Å². The van der Waals surface area contributed by atoms with Crippen molar-refractivity contribution in [3.05, 3.63) is 52.5 Å². The van der Waals surface area contributed by atoms with Gasteiger partial charge in [-0.25, -0.2) is 13.4 Å². The van der Waals surface area contributed by atoms with E-state index >= 15 is 0 Å². The first-order valence-corrected chi connectivity index (χ1v) is 11.8. The van der Waals surface area contributed by atoms with Crippen LogP contribution in [-0.2, 0) is 15.6 Å². The maximum atomic E-state index is 12.2. The Bertz CT molecular complexity index is 1100. The van der Waals surface area contributed by atoms with Crippen molar-refractivity contribution in [2.45, 2.75) is 25.5 Å². The number of sulfone groups is 1. The third-order valence-corrected chi connectivity index (χ3v) is 7.01. The Balaban J connectivity index is 1.62. The number of rotatable bonds is 6. The van der Waals surface area contributed by atoms with Crippen molar-refractivity contribution < 1.29 is 13.2 Å². The van der Waals surface area contributed by atoms with Gasteiger partial charge in [-0.05, 0) is 42.7 Å². The van der Waals surface area contributed by atoms with Gasteiger partial charge in [-0.3, -0.25) is 4.99 Å². The smallest absolute Gasteiger partial charge is 0.154 e. The molecule has 2 aromatic carbocycles. The van der Waals surface area contributed by atoms with Crippen LogP contribution >= 0.6 is 11.6 Å². The van der Waals surface area contributed by atoms with Gasteiger partial charge in [0.05, 0.1) is 28.6 Å². The molecule has 0 aromatic heterocycles. The van der Waals surface area contributed by atoms with Gasteiger partial charge in [0, 0.05) is 18.7 Å². The van der Waals surface area contributed by atoms with Gasteiger partial charge < -0.3 is 9.64 Å². The van der Waals surface area contributed by atoms with Crippen LogP contribution in [0, 0.1) is 0 Å². The Morgan fingerprint density at radius 2 is 2.10 bits per heavy atom. The molecule has 0 fully saturated rings. The lowest BCUT2D eigenvalue weighted by Crippen LogP contribution is -2.36. The number of nitrogens with zero attached hydrogens (tertiary/aromatic N) is 3. The summed E-state index contributed by atoms with van der Waals surface area (Å²) in [4.78, 5) is 11.2. The lowest BCUT2D eigenvalue weighted by atomic mass is 10.1. The summed E-state index contributed by atoms with van der Waals surface area (Å²) in [5.74, 6) is 1.97. The second-order valence-electron chi connectivity index (χ2n) is 7.10. The normalized spacial score (nSPS) is 15.5. The largest absolute Gasteiger partial charge is 0.456 e. The number of benzene rings is 2. The number of aliphatic imine (C=N–C) groups is 2. The maximum absolute atomic E-state index is 12.2. The molecule has 0 bridgehead atoms. The molecule has 6 nitrogen and oxygen atoms in total. The molecule has 4 rings (SSSR count). The molecule has 0 N–H and O–H groups in total. The highest BCUT2D eigenvalue weighted by molar-refractivity contribution is 7.90. The quantitative estimate of drug-likeness (QED) is 0.671. The fourth-order valence-corrected chi connectivity index (χ4v) is 5.26. The first kappa shape index (κ1) is 19.9. The molecule has 8 heteroatoms. The lowest BCUT2D eigenvalue weighted by Gasteiger charge is -2.29. The van der Waals surface area contributed by atoms with E-state index in [2.05, 4.69) is 9.98 Å². The summed E-state index contributed by atoms with van der Waals surface area (Å²) < 4.78 is 30.4. The summed E-state index contributed by atoms with van der Waals surface area (Å²) in [6.07, 6.45) is 3.40. The molecule has 0 saturated heterocycles. The Labute approximate surface area is 175 Å². The minimum Gasteiger partial charge on any atom is -0.456 e. The molecule has 0 radical (unpaired) electrons. The van der Waals surface area contributed by atoms with E-state index < -0.39 is 9.84 Å². The van der Waals surface area contributed by atoms with E-state index in [0.29, 0.717) is 28.5 Å². The number of fused-ring (bicyclic) bond motifs is 3. The third kappa shape index (κ3) is 4.31. The van der Waals surface area contributed by atoms with Crippen molar-refractivity contribution >= 4 is 39.3 Å². The fourth-order valence-electron chi connectivity index (χ4n) is 3.47. The minimum absolute atomic E-state index is 0.0957. The van der Waals surface area contributed by atoms with Gasteiger partial charge in [-0.2, -0.15) is 0 Å². The van der Waals surface area contributed by atoms with E-state index in [0.717, 1.165) is 36.6 Å². The molecule has 0 amide bonds. The predicted octanol–water partition coefficient (Wildman–Crippen LogP) is 4.58. The molecule has 0 unspecified atom stereocenters. The van der Waals surface area contributed by atoms with Gasteiger partial charge in [0.1, 0.15) is 17.3 Å². The second-order valence-corrected chi connectivity index (χ2v) is 9.66. The topological polar surface area (TPSA) is 71.3 Å². The summed E-state index contributed by atoms with van der Waals surface area (Å²) in [7, 11) is -3.20. The Hall–Kier alpha value is -2.38. The molecule has 0 atom stereocenters. The van der Waals surface area contributed by atoms with Crippen LogP contribution in [0.1, 0.15) is 30.9 Å². The van der Waals surface area contributed by atoms with Gasteiger partial charge in [0.15, 0.2) is 9.84 Å². The Morgan fingerprint density at radius 1 is 1.24 bits per heavy atom. The molecule has 0 spiro atoms. The SMILES string of the molecule is CCCS(=O)(=O)Cc1cccc(Oc2ccc3c(c2)C2=NCCCN2C=N3)c1Cl. The van der Waals surface area contributed by atoms with Crippen LogP contribution in [0.15, 0.2) is 46.4 Å². The average Bonchev–Trinajstić information content (AvgIpc) is 2.70. The van der Waals surface area contributed by atoms with Crippen LogP contribution in [0.5, 0.6) is 11.5 Å². The molecule has 2 heterocycles. The standard InChI is InChI=1S/C21H22ClN3O3S/c1-2-11-29(26,27)13-15-5-3-6-19(20(15)22)28-16-7-8-18-17(12-16)21-23-9-4-10-25(21)14-24-18/h3,5-8,12,14H,2,4,9-11,13H2,1H3. The monoisotopic (exact) mass is 431 g/mol. The van der Waals surface area contributed by atoms with Crippen LogP contribution in [0.3, 0.4) is 0 Å². The van der Waals surface area contributed by atoms with Crippen LogP contribution in [0.2, 0.25) is 5.02 Å². The minimum atomic E-state index is -3.20. The summed E-state index contributed by atoms with van der Waals surface area (Å²) in [6.45, 7) is 3.54. The molecule has 0 aliphatic carbocycles. The molecule has 2 aliphatic rings. The third-order valence-electron chi connectivity index (χ3n) is 4.80. The summed E-state index contributed by atoms with van der Waals surface area (Å²) in [6, 6.07) is 10.8. The number of ether oxygens (including phenoxy) is 1. The van der Waals surface area contributed by atoms with Crippen LogP contribution in [0.4, 0.5) is 5.69 Å². The fraction of sp³-hybridized carbons (Fsp3) is 0.333. The number of hydrogen-bond acceptors (Lipinski definition) is 6. The Morgan fingerprint density at radius 3 is 2.93 bits per heavy atom. The van der Waals surface area contributed by atoms with Gasteiger partial charge in [-0.1, -0.05) is 30.7 Å². The van der Waals surface area contributed by atoms with Gasteiger partial charge in [0.25, 0.3) is 0 Å². The van der Waals surface area contributed by atoms with Crippen molar-refractivity contribution in [1.82, 2.24) is 4.90 Å². The molecular formula is C21H22ClN3O3S. The van der Waals surface area contributed by atoms with Gasteiger partial charge >= 0.3 is 0 Å². The van der Waals surface area contributed by atoms with Crippen molar-refractivity contribution in [3.8, 4) is 11.5 Å². The van der Waals surface area contributed by atoms with Crippen LogP contribution in [-0.4, -0.2) is 44.3 Å². The zero-order valence-corrected chi connectivity index (χ0v) is 17.7. The number of hydrogen-bond donors (Lipinski definition) is 0. The van der Waals surface area contributed by atoms with Crippen LogP contribution < -0.4 is 4.74 Å². The molecule has 29 heavy (non-hydrogen) atoms. The number of amidine groups is 1. The van der Waals surface area contributed by atoms with Crippen molar-refractivity contribution in [3.63, 3.8) is 0 Å². The molecule has 0 saturated carbocycles. The summed E-state index contributed by atoms with van der Waals surface area (Å²) >= 11 is 6.47. The van der Waals surface area contributed by atoms with Crippen molar-refractivity contribution in [2.75, 3.05) is 18.8 Å². The summed E-state index contributed by atoms with van der Waals surface area (Å²) in [5, 5.41) is 0.319. The van der Waals surface area contributed by atoms with Crippen LogP contribution in [0.25, 0.3) is 0 Å². The predicted molar refractivity (Wildman–Crippen MR) is 117 cm³/mol. The average molecular weight is 432 g/mol. The lowest BCUT2D eigenvalue weighted by molar-refractivity contribution is 0.482. The first-order valence-electron chi connectivity index (χ1n) is 9.62. The zero-order chi connectivity index (χ0) is 20.4. The number of halogens is 1. The second kappa shape index (κ2) is 8.16. The van der Waals surface area contributed by atoms with E-state index in [1.54, 1.807) is 18.2 Å². The van der Waals surface area contributed by atoms with E-state index in [1.165, 1.54) is 0 Å². The van der Waals surface area contributed by atoms with Crippen molar-refractivity contribution in [2.24, 2.45) is 9.98 Å². The van der Waals surface area contributed by atoms with E-state index in [1.807, 2.05) is 36.4 Å². The van der Waals surface area contributed by atoms with Gasteiger partial charge in [-0.15, -0.1) is 0 Å². The molecule has 2 aromatic rings. The highest BCUT2D eigenvalue weighted by Gasteiger charge is 2.23. The maximum Gasteiger partial charge on any atom is 0.154 e. The molecular weight excluding hydrogens is 410 g/mol. The van der Waals surface area contributed by atoms with Crippen molar-refractivity contribution in [1.29, 1.82) is 0 Å². The van der Waals surface area contributed by atoms with E-state index in [-0.39, 0.29) is 11.5 Å². The zero-order valence-electron chi connectivity index (χ0n) is 16.1. The molecule has 152 valence electrons. The highest BCUT2D eigenvalue weighted by atomic mass is 35.5. The van der Waals surface area contributed by atoms with E-state index in [4.69, 9.17) is 16.3 Å². The summed E-state index contributed by atoms with van der Waals surface area (Å²) in [5.41, 5.74) is 2.31. The highest BCUT2D eigenvalue weighted by Crippen LogP contribution is 2.36. The van der Waals surface area contributed by atoms with Gasteiger partial charge in [0.2, 0.25) is 0 Å². The first-order chi connectivity index (χ1) is 14.0.